The first-order chi connectivity index (χ1) is 4.00. The van der Waals surface area contributed by atoms with Gasteiger partial charge in [0.25, 0.3) is 0 Å². The van der Waals surface area contributed by atoms with E-state index in [1.165, 1.54) is 0 Å². The molecule has 0 bridgehead atoms. The predicted octanol–water partition coefficient (Wildman–Crippen LogP) is 2.03. The first-order valence-electron chi connectivity index (χ1n) is 2.58. The molecule has 0 radical (unpaired) electrons. The summed E-state index contributed by atoms with van der Waals surface area (Å²) in [7, 11) is 0. The average Bonchev–Trinajstić information content (AvgIpc) is 1.62. The van der Waals surface area contributed by atoms with Gasteiger partial charge in [0.2, 0.25) is 0 Å². The molecular formula is C8H7Yb-. The minimum Gasteiger partial charge on any atom is -0.184 e. The van der Waals surface area contributed by atoms with E-state index in [4.69, 9.17) is 0 Å². The molecule has 1 rings (SSSR count). The van der Waals surface area contributed by atoms with Gasteiger partial charge in [0.15, 0.2) is 0 Å². The van der Waals surface area contributed by atoms with Gasteiger partial charge in [0.1, 0.15) is 0 Å². The van der Waals surface area contributed by atoms with Gasteiger partial charge in [-0.3, -0.25) is 0 Å². The minimum absolute atomic E-state index is 0. The molecule has 0 aromatic carbocycles. The number of rotatable bonds is 0. The zero-order valence-electron chi connectivity index (χ0n) is 4.81. The summed E-state index contributed by atoms with van der Waals surface area (Å²) in [4.78, 5) is 0. The summed E-state index contributed by atoms with van der Waals surface area (Å²) in [5.74, 6) is 0. The molecular weight excluding hydrogens is 269 g/mol. The fourth-order valence-electron chi connectivity index (χ4n) is 0.470. The smallest absolute Gasteiger partial charge is 0 e. The van der Waals surface area contributed by atoms with Crippen LogP contribution in [0.2, 0.25) is 0 Å². The van der Waals surface area contributed by atoms with Gasteiger partial charge < -0.3 is 0 Å². The van der Waals surface area contributed by atoms with Crippen LogP contribution >= 0.6 is 0 Å². The monoisotopic (exact) mass is 277 g/mol. The van der Waals surface area contributed by atoms with Crippen LogP contribution in [0.3, 0.4) is 0 Å². The molecule has 54 valence electrons. The summed E-state index contributed by atoms with van der Waals surface area (Å²) >= 11 is 0. The minimum atomic E-state index is 0. The molecule has 0 amide bonds. The van der Waals surface area contributed by atoms with Crippen LogP contribution in [0.5, 0.6) is 0 Å². The molecule has 9 heavy (non-hydrogen) atoms. The van der Waals surface area contributed by atoms with Crippen molar-refractivity contribution in [2.24, 2.45) is 0 Å². The second-order valence-corrected chi connectivity index (χ2v) is 1.46. The Balaban J connectivity index is 0.000000640. The predicted molar refractivity (Wildman–Crippen MR) is 35.2 cm³/mol. The molecule has 0 atom stereocenters. The Bertz CT molecular complexity index is 105. The zero-order chi connectivity index (χ0) is 5.66. The van der Waals surface area contributed by atoms with E-state index in [1.807, 2.05) is 42.5 Å². The number of hydrogen-bond acceptors (Lipinski definition) is 0. The van der Waals surface area contributed by atoms with Gasteiger partial charge >= 0.3 is 0 Å². The Kier molecular flexibility index (Phi) is 6.95. The van der Waals surface area contributed by atoms with Crippen molar-refractivity contribution in [3.05, 3.63) is 48.6 Å². The van der Waals surface area contributed by atoms with Gasteiger partial charge in [-0.15, -0.1) is 12.2 Å². The van der Waals surface area contributed by atoms with Crippen LogP contribution < -0.4 is 0 Å². The van der Waals surface area contributed by atoms with Crippen molar-refractivity contribution in [1.29, 1.82) is 0 Å². The summed E-state index contributed by atoms with van der Waals surface area (Å²) in [6, 6.07) is 0. The maximum atomic E-state index is 2.94. The summed E-state index contributed by atoms with van der Waals surface area (Å²) < 4.78 is 0. The summed E-state index contributed by atoms with van der Waals surface area (Å²) in [6.07, 6.45) is 16.5. The molecule has 0 saturated heterocycles. The van der Waals surface area contributed by atoms with E-state index in [-0.39, 0.29) is 46.9 Å². The van der Waals surface area contributed by atoms with E-state index in [2.05, 4.69) is 6.08 Å². The largest absolute Gasteiger partial charge is 0.184 e. The van der Waals surface area contributed by atoms with Crippen molar-refractivity contribution in [3.8, 4) is 0 Å². The Morgan fingerprint density at radius 2 is 1.44 bits per heavy atom. The number of allylic oxidation sites excluding steroid dienone is 8. The molecule has 0 aliphatic heterocycles. The molecule has 0 nitrogen and oxygen atoms in total. The maximum absolute atomic E-state index is 2.94. The van der Waals surface area contributed by atoms with Crippen LogP contribution in [-0.2, 0) is 0 Å². The molecule has 0 aromatic rings. The summed E-state index contributed by atoms with van der Waals surface area (Å²) in [6.45, 7) is 0. The topological polar surface area (TPSA) is 0 Å². The van der Waals surface area contributed by atoms with Crippen LogP contribution in [0.15, 0.2) is 42.5 Å². The SMILES string of the molecule is [C-]1=CC=CC=CC=C1.[Yb]. The molecule has 0 aromatic heterocycles. The van der Waals surface area contributed by atoms with E-state index in [9.17, 15) is 0 Å². The third-order valence-corrected chi connectivity index (χ3v) is 0.829. The van der Waals surface area contributed by atoms with Crippen LogP contribution in [0.25, 0.3) is 0 Å². The van der Waals surface area contributed by atoms with Gasteiger partial charge in [0.05, 0.1) is 0 Å². The quantitative estimate of drug-likeness (QED) is 0.594. The summed E-state index contributed by atoms with van der Waals surface area (Å²) in [5.41, 5.74) is 0. The van der Waals surface area contributed by atoms with E-state index in [1.54, 1.807) is 0 Å². The van der Waals surface area contributed by atoms with Gasteiger partial charge in [-0.05, 0) is 0 Å². The molecule has 1 aliphatic carbocycles. The second kappa shape index (κ2) is 6.60. The second-order valence-electron chi connectivity index (χ2n) is 1.46. The Hall–Kier alpha value is 0.479. The third kappa shape index (κ3) is 4.95. The first kappa shape index (κ1) is 9.48. The molecule has 0 fully saturated rings. The van der Waals surface area contributed by atoms with Crippen LogP contribution in [0.1, 0.15) is 0 Å². The van der Waals surface area contributed by atoms with Crippen molar-refractivity contribution >= 4 is 0 Å². The normalized spacial score (nSPS) is 14.2. The summed E-state index contributed by atoms with van der Waals surface area (Å²) in [5, 5.41) is 0. The van der Waals surface area contributed by atoms with Gasteiger partial charge in [0, 0.05) is 46.9 Å². The van der Waals surface area contributed by atoms with Gasteiger partial charge in [-0.2, -0.15) is 30.4 Å². The Morgan fingerprint density at radius 3 is 2.33 bits per heavy atom. The molecule has 0 spiro atoms. The maximum Gasteiger partial charge on any atom is 0 e. The third-order valence-electron chi connectivity index (χ3n) is 0.829. The van der Waals surface area contributed by atoms with Crippen molar-refractivity contribution in [1.82, 2.24) is 0 Å². The molecule has 1 aliphatic rings. The van der Waals surface area contributed by atoms with Crippen molar-refractivity contribution in [3.63, 3.8) is 0 Å². The first-order valence-corrected chi connectivity index (χ1v) is 2.58. The van der Waals surface area contributed by atoms with Gasteiger partial charge in [-0.1, -0.05) is 6.08 Å². The molecule has 0 N–H and O–H groups in total. The fraction of sp³-hybridized carbons (Fsp3) is 0. The molecule has 0 unspecified atom stereocenters. The Labute approximate surface area is 94.3 Å². The van der Waals surface area contributed by atoms with Gasteiger partial charge in [-0.25, -0.2) is 0 Å². The van der Waals surface area contributed by atoms with E-state index in [0.717, 1.165) is 0 Å². The average molecular weight is 276 g/mol. The van der Waals surface area contributed by atoms with Crippen molar-refractivity contribution in [2.75, 3.05) is 0 Å². The fourth-order valence-corrected chi connectivity index (χ4v) is 0.470. The van der Waals surface area contributed by atoms with E-state index in [0.29, 0.717) is 0 Å². The zero-order valence-corrected chi connectivity index (χ0v) is 6.52. The van der Waals surface area contributed by atoms with Crippen molar-refractivity contribution < 1.29 is 46.9 Å². The van der Waals surface area contributed by atoms with Crippen LogP contribution in [0.4, 0.5) is 0 Å². The number of hydrogen-bond donors (Lipinski definition) is 0. The standard InChI is InChI=1S/C8H7.Yb/c1-2-4-6-8-7-5-3-1;/h1-7H;/q-1;. The Morgan fingerprint density at radius 1 is 0.778 bits per heavy atom. The van der Waals surface area contributed by atoms with E-state index < -0.39 is 0 Å². The molecule has 1 heteroatoms. The van der Waals surface area contributed by atoms with E-state index >= 15 is 0 Å². The molecule has 0 heterocycles. The molecule has 0 saturated carbocycles. The van der Waals surface area contributed by atoms with Crippen LogP contribution in [0, 0.1) is 53.0 Å². The van der Waals surface area contributed by atoms with Crippen LogP contribution in [-0.4, -0.2) is 0 Å². The van der Waals surface area contributed by atoms with Crippen molar-refractivity contribution in [2.45, 2.75) is 0 Å².